The minimum atomic E-state index is -1.80. The summed E-state index contributed by atoms with van der Waals surface area (Å²) >= 11 is 6.75. The summed E-state index contributed by atoms with van der Waals surface area (Å²) in [4.78, 5) is 52.2. The number of hydrogen-bond donors (Lipinski definition) is 3. The highest BCUT2D eigenvalue weighted by Gasteiger charge is 2.64. The Labute approximate surface area is 316 Å². The van der Waals surface area contributed by atoms with E-state index in [2.05, 4.69) is 5.32 Å². The molecular formula is C39H53ClN2O11. The number of halogens is 1. The first kappa shape index (κ1) is 41.8. The Morgan fingerprint density at radius 2 is 1.87 bits per heavy atom. The normalized spacial score (nSPS) is 30.8. The molecule has 0 radical (unpaired) electrons. The number of methoxy groups -OCH3 is 2. The number of unbranched alkanes of at least 4 members (excludes halogenated alkanes) is 5. The van der Waals surface area contributed by atoms with Crippen LogP contribution in [-0.2, 0) is 39.8 Å². The van der Waals surface area contributed by atoms with Crippen molar-refractivity contribution in [1.82, 2.24) is 5.32 Å². The van der Waals surface area contributed by atoms with Crippen molar-refractivity contribution in [1.29, 1.82) is 0 Å². The smallest absolute Gasteiger partial charge is 0.409 e. The van der Waals surface area contributed by atoms with Crippen molar-refractivity contribution >= 4 is 41.2 Å². The molecule has 14 heteroatoms. The second kappa shape index (κ2) is 18.4. The molecule has 2 amide bonds. The highest BCUT2D eigenvalue weighted by atomic mass is 35.5. The minimum absolute atomic E-state index is 0.0203. The maximum Gasteiger partial charge on any atom is 0.409 e. The van der Waals surface area contributed by atoms with Crippen LogP contribution in [0.5, 0.6) is 5.75 Å². The molecule has 1 aromatic rings. The number of hydrogen-bond acceptors (Lipinski definition) is 10. The SMILES string of the molecule is COc1cc2cc(c1Cl)N(C)C(=O)C[C@H](OC(=O)CCCCCCC/C=C\C(=O)O)[C@]1(C)O[C@H]1[C@H](C)[C@H]1C[C@@](O)(NC(=O)O1)[C@H](OC)/C=C/C=C(\C)C2. The number of carbonyl (C=O) groups is 4. The minimum Gasteiger partial charge on any atom is -0.495 e. The molecule has 3 aliphatic rings. The van der Waals surface area contributed by atoms with E-state index in [0.29, 0.717) is 30.7 Å². The lowest BCUT2D eigenvalue weighted by molar-refractivity contribution is -0.154. The number of benzene rings is 1. The van der Waals surface area contributed by atoms with Crippen molar-refractivity contribution in [2.24, 2.45) is 5.92 Å². The molecule has 4 bridgehead atoms. The quantitative estimate of drug-likeness (QED) is 0.0982. The number of aliphatic hydroxyl groups is 1. The van der Waals surface area contributed by atoms with Gasteiger partial charge in [-0.05, 0) is 57.2 Å². The van der Waals surface area contributed by atoms with E-state index in [1.807, 2.05) is 26.0 Å². The van der Waals surface area contributed by atoms with Gasteiger partial charge in [0.25, 0.3) is 0 Å². The monoisotopic (exact) mass is 760 g/mol. The molecule has 3 heterocycles. The maximum absolute atomic E-state index is 14.0. The largest absolute Gasteiger partial charge is 0.495 e. The lowest BCUT2D eigenvalue weighted by Crippen LogP contribution is -2.63. The summed E-state index contributed by atoms with van der Waals surface area (Å²) in [5.74, 6) is -1.89. The van der Waals surface area contributed by atoms with Crippen LogP contribution in [0.15, 0.2) is 48.1 Å². The molecule has 0 unspecified atom stereocenters. The Balaban J connectivity index is 1.60. The number of rotatable bonds is 12. The summed E-state index contributed by atoms with van der Waals surface area (Å²) < 4.78 is 29.1. The Kier molecular flexibility index (Phi) is 14.5. The number of nitrogens with one attached hydrogen (secondary N) is 1. The van der Waals surface area contributed by atoms with E-state index in [0.717, 1.165) is 42.9 Å². The van der Waals surface area contributed by atoms with Gasteiger partial charge in [0, 0.05) is 39.0 Å². The van der Waals surface area contributed by atoms with Gasteiger partial charge in [0.15, 0.2) is 5.72 Å². The van der Waals surface area contributed by atoms with Gasteiger partial charge in [-0.2, -0.15) is 0 Å². The zero-order chi connectivity index (χ0) is 38.9. The van der Waals surface area contributed by atoms with Crippen molar-refractivity contribution in [3.8, 4) is 5.75 Å². The van der Waals surface area contributed by atoms with Crippen LogP contribution in [0.1, 0.15) is 84.1 Å². The van der Waals surface area contributed by atoms with Gasteiger partial charge in [-0.3, -0.25) is 14.9 Å². The van der Waals surface area contributed by atoms with Gasteiger partial charge in [0.1, 0.15) is 34.7 Å². The molecule has 53 heavy (non-hydrogen) atoms. The molecule has 0 aromatic heterocycles. The summed E-state index contributed by atoms with van der Waals surface area (Å²) in [6, 6.07) is 3.62. The fourth-order valence-electron chi connectivity index (χ4n) is 7.07. The number of nitrogens with zero attached hydrogens (tertiary/aromatic N) is 1. The predicted octanol–water partition coefficient (Wildman–Crippen LogP) is 6.04. The number of carboxylic acids is 1. The van der Waals surface area contributed by atoms with E-state index in [4.69, 9.17) is 40.4 Å². The van der Waals surface area contributed by atoms with Gasteiger partial charge < -0.3 is 38.8 Å². The lowest BCUT2D eigenvalue weighted by atomic mass is 9.83. The highest BCUT2D eigenvalue weighted by Crippen LogP contribution is 2.49. The van der Waals surface area contributed by atoms with Crippen molar-refractivity contribution in [3.63, 3.8) is 0 Å². The van der Waals surface area contributed by atoms with Crippen LogP contribution in [0.3, 0.4) is 0 Å². The molecular weight excluding hydrogens is 708 g/mol. The standard InChI is InChI=1S/C39H53ClN2O11/c1-24-15-14-16-30(50-6)39(48)23-29(51-37(47)41-39)25(2)36-38(3,53-36)31(52-34(46)18-13-11-9-7-8-10-12-17-33(44)45)22-32(43)42(4)27-20-26(19-24)21-28(49-5)35(27)40/h12,14-17,20-21,25,29-31,36,48H,7-11,13,18-19,22-23H2,1-6H3,(H,41,47)(H,44,45)/b16-14+,17-12-,24-15+/t25-,29-,30-,31+,36+,38+,39+/m1/s1. The van der Waals surface area contributed by atoms with Gasteiger partial charge in [-0.25, -0.2) is 9.59 Å². The van der Waals surface area contributed by atoms with E-state index < -0.39 is 59.7 Å². The second-order valence-electron chi connectivity index (χ2n) is 14.3. The number of ether oxygens (including phenoxy) is 5. The number of epoxide rings is 1. The molecule has 0 spiro atoms. The van der Waals surface area contributed by atoms with Crippen LogP contribution in [0, 0.1) is 5.92 Å². The molecule has 0 saturated carbocycles. The first-order valence-electron chi connectivity index (χ1n) is 18.1. The Morgan fingerprint density at radius 3 is 2.57 bits per heavy atom. The van der Waals surface area contributed by atoms with Gasteiger partial charge in [0.2, 0.25) is 5.91 Å². The van der Waals surface area contributed by atoms with Gasteiger partial charge in [-0.15, -0.1) is 0 Å². The van der Waals surface area contributed by atoms with Crippen molar-refractivity contribution < 1.29 is 53.1 Å². The second-order valence-corrected chi connectivity index (χ2v) is 14.7. The van der Waals surface area contributed by atoms with Gasteiger partial charge >= 0.3 is 18.0 Å². The van der Waals surface area contributed by atoms with Crippen LogP contribution in [0.2, 0.25) is 5.02 Å². The predicted molar refractivity (Wildman–Crippen MR) is 198 cm³/mol. The van der Waals surface area contributed by atoms with Crippen LogP contribution in [-0.4, -0.2) is 91.2 Å². The molecule has 2 fully saturated rings. The molecule has 4 rings (SSSR count). The average molecular weight is 761 g/mol. The van der Waals surface area contributed by atoms with Gasteiger partial charge in [0.05, 0.1) is 25.3 Å². The first-order chi connectivity index (χ1) is 25.1. The summed E-state index contributed by atoms with van der Waals surface area (Å²) in [7, 11) is 4.55. The molecule has 3 N–H and O–H groups in total. The average Bonchev–Trinajstić information content (AvgIpc) is 3.80. The number of alkyl carbamates (subject to hydrolysis) is 1. The summed E-state index contributed by atoms with van der Waals surface area (Å²) in [5, 5.41) is 23.2. The van der Waals surface area contributed by atoms with E-state index in [-0.39, 0.29) is 30.2 Å². The number of esters is 1. The van der Waals surface area contributed by atoms with E-state index in [1.54, 1.807) is 38.3 Å². The number of carboxylic acid groups (broad SMARTS) is 1. The van der Waals surface area contributed by atoms with E-state index in [9.17, 15) is 24.3 Å². The number of aliphatic carboxylic acids is 1. The van der Waals surface area contributed by atoms with Crippen molar-refractivity contribution in [3.05, 3.63) is 58.7 Å². The molecule has 2 saturated heterocycles. The van der Waals surface area contributed by atoms with E-state index >= 15 is 0 Å². The molecule has 13 nitrogen and oxygen atoms in total. The van der Waals surface area contributed by atoms with Crippen LogP contribution < -0.4 is 15.0 Å². The molecule has 7 atom stereocenters. The fourth-order valence-corrected chi connectivity index (χ4v) is 7.38. The molecule has 3 aliphatic heterocycles. The third kappa shape index (κ3) is 10.8. The number of carbonyl (C=O) groups excluding carboxylic acids is 3. The fraction of sp³-hybridized carbons (Fsp3) is 0.590. The third-order valence-electron chi connectivity index (χ3n) is 10.2. The van der Waals surface area contributed by atoms with Crippen LogP contribution in [0.4, 0.5) is 10.5 Å². The maximum atomic E-state index is 14.0. The first-order valence-corrected chi connectivity index (χ1v) is 18.5. The topological polar surface area (TPSA) is 173 Å². The summed E-state index contributed by atoms with van der Waals surface area (Å²) in [5.41, 5.74) is -0.714. The Morgan fingerprint density at radius 1 is 1.15 bits per heavy atom. The van der Waals surface area contributed by atoms with Crippen LogP contribution >= 0.6 is 11.6 Å². The van der Waals surface area contributed by atoms with Crippen molar-refractivity contribution in [2.75, 3.05) is 26.2 Å². The lowest BCUT2D eigenvalue weighted by Gasteiger charge is -2.42. The number of allylic oxidation sites excluding steroid dienone is 4. The Bertz CT molecular complexity index is 1590. The Hall–Kier alpha value is -3.91. The highest BCUT2D eigenvalue weighted by molar-refractivity contribution is 6.35. The summed E-state index contributed by atoms with van der Waals surface area (Å²) in [6.07, 6.45) is 8.97. The van der Waals surface area contributed by atoms with Gasteiger partial charge in [-0.1, -0.05) is 67.7 Å². The van der Waals surface area contributed by atoms with Crippen LogP contribution in [0.25, 0.3) is 0 Å². The number of anilines is 1. The van der Waals surface area contributed by atoms with Crippen molar-refractivity contribution in [2.45, 2.75) is 121 Å². The number of fused-ring (bicyclic) bond motifs is 5. The zero-order valence-electron chi connectivity index (χ0n) is 31.4. The number of amides is 2. The third-order valence-corrected chi connectivity index (χ3v) is 10.6. The zero-order valence-corrected chi connectivity index (χ0v) is 32.1. The summed E-state index contributed by atoms with van der Waals surface area (Å²) in [6.45, 7) is 5.52. The molecule has 1 aromatic carbocycles. The molecule has 0 aliphatic carbocycles. The van der Waals surface area contributed by atoms with E-state index in [1.165, 1.54) is 19.1 Å². The molecule has 292 valence electrons.